The van der Waals surface area contributed by atoms with Gasteiger partial charge in [-0.1, -0.05) is 6.92 Å². The Morgan fingerprint density at radius 3 is 2.83 bits per heavy atom. The van der Waals surface area contributed by atoms with E-state index in [1.165, 1.54) is 0 Å². The second-order valence-electron chi connectivity index (χ2n) is 6.61. The molecule has 0 saturated carbocycles. The van der Waals surface area contributed by atoms with Crippen LogP contribution in [0.4, 0.5) is 0 Å². The predicted molar refractivity (Wildman–Crippen MR) is 89.7 cm³/mol. The highest BCUT2D eigenvalue weighted by molar-refractivity contribution is 5.88. The zero-order chi connectivity index (χ0) is 16.6. The minimum Gasteiger partial charge on any atom is -0.497 e. The third kappa shape index (κ3) is 3.06. The first-order valence-electron chi connectivity index (χ1n) is 7.98. The number of carbonyl (C=O) groups is 1. The molecule has 2 aromatic rings. The molecule has 23 heavy (non-hydrogen) atoms. The third-order valence-corrected chi connectivity index (χ3v) is 4.79. The van der Waals surface area contributed by atoms with E-state index in [0.29, 0.717) is 18.4 Å². The minimum absolute atomic E-state index is 0.166. The molecule has 0 radical (unpaired) electrons. The number of fused-ring (bicyclic) bond motifs is 1. The number of nitrogens with zero attached hydrogens (tertiary/aromatic N) is 2. The number of amides is 1. The number of methoxy groups -OCH3 is 1. The van der Waals surface area contributed by atoms with Crippen molar-refractivity contribution in [1.29, 1.82) is 0 Å². The van der Waals surface area contributed by atoms with Crippen molar-refractivity contribution in [2.24, 2.45) is 5.92 Å². The fraction of sp³-hybridized carbons (Fsp3) is 0.500. The Bertz CT molecular complexity index is 707. The van der Waals surface area contributed by atoms with Gasteiger partial charge in [0.15, 0.2) is 0 Å². The maximum absolute atomic E-state index is 12.6. The zero-order valence-corrected chi connectivity index (χ0v) is 14.2. The van der Waals surface area contributed by atoms with Crippen molar-refractivity contribution in [2.45, 2.75) is 19.4 Å². The van der Waals surface area contributed by atoms with E-state index in [1.54, 1.807) is 13.4 Å². The van der Waals surface area contributed by atoms with Gasteiger partial charge in [0.25, 0.3) is 0 Å². The molecule has 1 saturated heterocycles. The topological polar surface area (TPSA) is 45.9 Å². The molecule has 0 unspecified atom stereocenters. The van der Waals surface area contributed by atoms with Crippen molar-refractivity contribution in [3.05, 3.63) is 30.0 Å². The van der Waals surface area contributed by atoms with Gasteiger partial charge >= 0.3 is 0 Å². The number of furan rings is 1. The van der Waals surface area contributed by atoms with Gasteiger partial charge in [-0.25, -0.2) is 0 Å². The summed E-state index contributed by atoms with van der Waals surface area (Å²) < 4.78 is 10.8. The van der Waals surface area contributed by atoms with Crippen molar-refractivity contribution in [3.8, 4) is 5.75 Å². The van der Waals surface area contributed by atoms with Crippen LogP contribution in [-0.2, 0) is 11.2 Å². The van der Waals surface area contributed by atoms with Crippen LogP contribution in [0, 0.1) is 5.92 Å². The molecule has 2 atom stereocenters. The smallest absolute Gasteiger partial charge is 0.227 e. The number of benzene rings is 1. The lowest BCUT2D eigenvalue weighted by Crippen LogP contribution is -2.36. The molecule has 1 amide bonds. The number of hydrogen-bond acceptors (Lipinski definition) is 4. The number of likely N-dealkylation sites (tertiary alicyclic amines) is 1. The highest BCUT2D eigenvalue weighted by Gasteiger charge is 2.33. The van der Waals surface area contributed by atoms with E-state index >= 15 is 0 Å². The number of rotatable bonds is 4. The fourth-order valence-electron chi connectivity index (χ4n) is 3.43. The zero-order valence-electron chi connectivity index (χ0n) is 14.2. The van der Waals surface area contributed by atoms with E-state index in [2.05, 4.69) is 25.9 Å². The van der Waals surface area contributed by atoms with Crippen LogP contribution in [0.1, 0.15) is 12.5 Å². The Kier molecular flexibility index (Phi) is 4.31. The lowest BCUT2D eigenvalue weighted by molar-refractivity contribution is -0.129. The monoisotopic (exact) mass is 316 g/mol. The second-order valence-corrected chi connectivity index (χ2v) is 6.61. The van der Waals surface area contributed by atoms with Gasteiger partial charge in [0, 0.05) is 36.1 Å². The number of likely N-dealkylation sites (N-methyl/N-ethyl adjacent to an activating group) is 1. The lowest BCUT2D eigenvalue weighted by Gasteiger charge is -2.22. The summed E-state index contributed by atoms with van der Waals surface area (Å²) in [4.78, 5) is 16.8. The van der Waals surface area contributed by atoms with Crippen LogP contribution in [0.2, 0.25) is 0 Å². The summed E-state index contributed by atoms with van der Waals surface area (Å²) in [7, 11) is 5.78. The fourth-order valence-corrected chi connectivity index (χ4v) is 3.43. The van der Waals surface area contributed by atoms with Crippen LogP contribution in [0.25, 0.3) is 11.0 Å². The van der Waals surface area contributed by atoms with Crippen molar-refractivity contribution in [2.75, 3.05) is 34.3 Å². The van der Waals surface area contributed by atoms with Crippen LogP contribution in [-0.4, -0.2) is 56.0 Å². The maximum Gasteiger partial charge on any atom is 0.227 e. The Hall–Kier alpha value is -2.01. The molecule has 2 heterocycles. The molecule has 0 bridgehead atoms. The van der Waals surface area contributed by atoms with Crippen molar-refractivity contribution in [1.82, 2.24) is 9.80 Å². The van der Waals surface area contributed by atoms with Crippen molar-refractivity contribution >= 4 is 16.9 Å². The van der Waals surface area contributed by atoms with Gasteiger partial charge < -0.3 is 19.0 Å². The SMILES string of the molecule is COc1ccc2c(CC(=O)N3C[C@H](C)[C@@H](N(C)C)C3)coc2c1. The van der Waals surface area contributed by atoms with Gasteiger partial charge in [0.1, 0.15) is 11.3 Å². The summed E-state index contributed by atoms with van der Waals surface area (Å²) in [5, 5.41) is 0.982. The van der Waals surface area contributed by atoms with Crippen LogP contribution >= 0.6 is 0 Å². The molecule has 1 aliphatic rings. The molecule has 124 valence electrons. The van der Waals surface area contributed by atoms with Crippen LogP contribution in [0.3, 0.4) is 0 Å². The minimum atomic E-state index is 0.166. The van der Waals surface area contributed by atoms with E-state index < -0.39 is 0 Å². The standard InChI is InChI=1S/C18H24N2O3/c1-12-9-20(10-16(12)19(2)3)18(21)7-13-11-23-17-8-14(22-4)5-6-15(13)17/h5-6,8,11-12,16H,7,9-10H2,1-4H3/t12-,16-/m0/s1. The first-order chi connectivity index (χ1) is 11.0. The van der Waals surface area contributed by atoms with Gasteiger partial charge in [-0.3, -0.25) is 4.79 Å². The summed E-state index contributed by atoms with van der Waals surface area (Å²) in [6, 6.07) is 6.13. The second kappa shape index (κ2) is 6.24. The largest absolute Gasteiger partial charge is 0.497 e. The van der Waals surface area contributed by atoms with Crippen molar-refractivity contribution in [3.63, 3.8) is 0 Å². The molecular formula is C18H24N2O3. The molecule has 1 aromatic heterocycles. The molecule has 5 heteroatoms. The molecular weight excluding hydrogens is 292 g/mol. The molecule has 1 fully saturated rings. The van der Waals surface area contributed by atoms with Gasteiger partial charge in [-0.15, -0.1) is 0 Å². The average Bonchev–Trinajstić information content (AvgIpc) is 3.10. The molecule has 1 aliphatic heterocycles. The van der Waals surface area contributed by atoms with Gasteiger partial charge in [-0.2, -0.15) is 0 Å². The Morgan fingerprint density at radius 1 is 1.39 bits per heavy atom. The van der Waals surface area contributed by atoms with Gasteiger partial charge in [-0.05, 0) is 32.1 Å². The summed E-state index contributed by atoms with van der Waals surface area (Å²) in [6.07, 6.45) is 2.07. The molecule has 5 nitrogen and oxygen atoms in total. The van der Waals surface area contributed by atoms with Crippen LogP contribution in [0.15, 0.2) is 28.9 Å². The van der Waals surface area contributed by atoms with Crippen LogP contribution < -0.4 is 4.74 Å². The molecule has 3 rings (SSSR count). The first-order valence-corrected chi connectivity index (χ1v) is 7.98. The number of hydrogen-bond donors (Lipinski definition) is 0. The third-order valence-electron chi connectivity index (χ3n) is 4.79. The van der Waals surface area contributed by atoms with Crippen LogP contribution in [0.5, 0.6) is 5.75 Å². The van der Waals surface area contributed by atoms with E-state index in [-0.39, 0.29) is 5.91 Å². The first kappa shape index (κ1) is 15.9. The van der Waals surface area contributed by atoms with Gasteiger partial charge in [0.2, 0.25) is 5.91 Å². The Balaban J connectivity index is 1.74. The highest BCUT2D eigenvalue weighted by atomic mass is 16.5. The summed E-state index contributed by atoms with van der Waals surface area (Å²) in [6.45, 7) is 3.83. The molecule has 1 aromatic carbocycles. The Morgan fingerprint density at radius 2 is 2.17 bits per heavy atom. The van der Waals surface area contributed by atoms with E-state index in [4.69, 9.17) is 9.15 Å². The Labute approximate surface area is 136 Å². The lowest BCUT2D eigenvalue weighted by atomic mass is 10.1. The molecule has 0 aliphatic carbocycles. The van der Waals surface area contributed by atoms with E-state index in [9.17, 15) is 4.79 Å². The van der Waals surface area contributed by atoms with E-state index in [0.717, 1.165) is 35.4 Å². The average molecular weight is 316 g/mol. The summed E-state index contributed by atoms with van der Waals surface area (Å²) >= 11 is 0. The number of carbonyl (C=O) groups excluding carboxylic acids is 1. The van der Waals surface area contributed by atoms with E-state index in [1.807, 2.05) is 23.1 Å². The normalized spacial score (nSPS) is 21.3. The predicted octanol–water partition coefficient (Wildman–Crippen LogP) is 2.39. The highest BCUT2D eigenvalue weighted by Crippen LogP contribution is 2.27. The van der Waals surface area contributed by atoms with Crippen molar-refractivity contribution < 1.29 is 13.9 Å². The number of ether oxygens (including phenoxy) is 1. The molecule has 0 N–H and O–H groups in total. The quantitative estimate of drug-likeness (QED) is 0.869. The van der Waals surface area contributed by atoms with Gasteiger partial charge in [0.05, 0.1) is 19.8 Å². The summed E-state index contributed by atoms with van der Waals surface area (Å²) in [5.41, 5.74) is 1.70. The molecule has 0 spiro atoms. The maximum atomic E-state index is 12.6. The summed E-state index contributed by atoms with van der Waals surface area (Å²) in [5.74, 6) is 1.42.